The number of rotatable bonds is 6. The monoisotopic (exact) mass is 460 g/mol. The minimum Gasteiger partial charge on any atom is -0.467 e. The van der Waals surface area contributed by atoms with E-state index in [-0.39, 0.29) is 29.2 Å². The smallest absolute Gasteiger partial charge is 0.330 e. The number of benzene rings is 1. The first-order chi connectivity index (χ1) is 16.5. The van der Waals surface area contributed by atoms with E-state index in [1.54, 1.807) is 36.4 Å². The molecular formula is C23H20N6O5. The Morgan fingerprint density at radius 2 is 1.82 bits per heavy atom. The number of carbonyl (C=O) groups excluding carboxylic acids is 2. The van der Waals surface area contributed by atoms with Crippen molar-refractivity contribution in [2.45, 2.75) is 25.4 Å². The number of nitrogens with zero attached hydrogens (tertiary/aromatic N) is 2. The fraction of sp³-hybridized carbons (Fsp3) is 0.174. The zero-order valence-electron chi connectivity index (χ0n) is 17.8. The molecule has 1 aliphatic rings. The number of urea groups is 1. The molecule has 5 rings (SSSR count). The molecule has 11 heteroatoms. The zero-order valence-corrected chi connectivity index (χ0v) is 17.8. The van der Waals surface area contributed by atoms with Gasteiger partial charge in [-0.15, -0.1) is 0 Å². The van der Waals surface area contributed by atoms with Crippen LogP contribution in [0, 0.1) is 0 Å². The van der Waals surface area contributed by atoms with Crippen molar-refractivity contribution in [3.8, 4) is 0 Å². The molecule has 1 aromatic carbocycles. The maximum atomic E-state index is 12.7. The molecule has 0 bridgehead atoms. The van der Waals surface area contributed by atoms with E-state index in [9.17, 15) is 19.2 Å². The number of pyridine rings is 1. The van der Waals surface area contributed by atoms with Crippen molar-refractivity contribution in [1.82, 2.24) is 19.9 Å². The number of amides is 3. The van der Waals surface area contributed by atoms with Crippen LogP contribution in [0.1, 0.15) is 35.0 Å². The lowest BCUT2D eigenvalue weighted by Gasteiger charge is -2.10. The largest absolute Gasteiger partial charge is 0.467 e. The summed E-state index contributed by atoms with van der Waals surface area (Å²) in [6.45, 7) is 0.256. The Hall–Kier alpha value is -4.67. The van der Waals surface area contributed by atoms with E-state index in [2.05, 4.69) is 25.9 Å². The molecule has 172 valence electrons. The van der Waals surface area contributed by atoms with E-state index < -0.39 is 23.2 Å². The Morgan fingerprint density at radius 3 is 2.50 bits per heavy atom. The minimum atomic E-state index is -0.584. The number of aromatic amines is 1. The van der Waals surface area contributed by atoms with Gasteiger partial charge in [-0.1, -0.05) is 0 Å². The van der Waals surface area contributed by atoms with Gasteiger partial charge in [0.25, 0.3) is 11.5 Å². The third kappa shape index (κ3) is 4.44. The van der Waals surface area contributed by atoms with Crippen LogP contribution in [0.5, 0.6) is 0 Å². The predicted molar refractivity (Wildman–Crippen MR) is 124 cm³/mol. The predicted octanol–water partition coefficient (Wildman–Crippen LogP) is 2.59. The standard InChI is InChI=1S/C23H20N6O5/c30-20(13-10-18-19(24-11-13)29(16-7-8-16)23(33)28-21(18)31)26-14-3-5-15(6-4-14)27-22(32)25-12-17-2-1-9-34-17/h1-6,9-11,16H,7-8,12H2,(H,26,30)(H2,25,27,32)(H,28,31,33). The number of nitrogens with one attached hydrogen (secondary N) is 4. The zero-order chi connectivity index (χ0) is 23.7. The number of anilines is 2. The number of fused-ring (bicyclic) bond motifs is 1. The van der Waals surface area contributed by atoms with E-state index in [1.807, 2.05) is 0 Å². The van der Waals surface area contributed by atoms with E-state index in [1.165, 1.54) is 23.1 Å². The average Bonchev–Trinajstić information content (AvgIpc) is 3.52. The molecule has 4 N–H and O–H groups in total. The van der Waals surface area contributed by atoms with Crippen molar-refractivity contribution in [2.75, 3.05) is 10.6 Å². The first-order valence-electron chi connectivity index (χ1n) is 10.6. The van der Waals surface area contributed by atoms with Crippen molar-refractivity contribution in [1.29, 1.82) is 0 Å². The summed E-state index contributed by atoms with van der Waals surface area (Å²) in [5.74, 6) is 0.170. The first kappa shape index (κ1) is 21.2. The fourth-order valence-corrected chi connectivity index (χ4v) is 3.53. The van der Waals surface area contributed by atoms with Crippen LogP contribution in [0.3, 0.4) is 0 Å². The molecule has 0 radical (unpaired) electrons. The molecule has 0 atom stereocenters. The van der Waals surface area contributed by atoms with E-state index in [0.29, 0.717) is 17.1 Å². The number of furan rings is 1. The van der Waals surface area contributed by atoms with E-state index in [0.717, 1.165) is 12.8 Å². The Balaban J connectivity index is 1.25. The van der Waals surface area contributed by atoms with Gasteiger partial charge < -0.3 is 20.4 Å². The van der Waals surface area contributed by atoms with Gasteiger partial charge in [-0.05, 0) is 55.3 Å². The molecule has 3 heterocycles. The second-order valence-electron chi connectivity index (χ2n) is 7.87. The van der Waals surface area contributed by atoms with Gasteiger partial charge in [0, 0.05) is 23.6 Å². The minimum absolute atomic E-state index is 0.0263. The van der Waals surface area contributed by atoms with Gasteiger partial charge in [-0.2, -0.15) is 0 Å². The van der Waals surface area contributed by atoms with Gasteiger partial charge in [-0.25, -0.2) is 14.6 Å². The summed E-state index contributed by atoms with van der Waals surface area (Å²) in [4.78, 5) is 55.6. The summed E-state index contributed by atoms with van der Waals surface area (Å²) < 4.78 is 6.62. The summed E-state index contributed by atoms with van der Waals surface area (Å²) in [7, 11) is 0. The van der Waals surface area contributed by atoms with Gasteiger partial charge in [0.05, 0.1) is 23.8 Å². The molecule has 3 aromatic heterocycles. The van der Waals surface area contributed by atoms with Crippen LogP contribution in [0.15, 0.2) is 68.9 Å². The van der Waals surface area contributed by atoms with Gasteiger partial charge >= 0.3 is 11.7 Å². The molecule has 0 spiro atoms. The van der Waals surface area contributed by atoms with Crippen LogP contribution in [0.2, 0.25) is 0 Å². The number of hydrogen-bond acceptors (Lipinski definition) is 6. The Morgan fingerprint density at radius 1 is 1.09 bits per heavy atom. The molecular weight excluding hydrogens is 440 g/mol. The highest BCUT2D eigenvalue weighted by Crippen LogP contribution is 2.34. The molecule has 0 unspecified atom stereocenters. The van der Waals surface area contributed by atoms with Gasteiger partial charge in [-0.3, -0.25) is 19.1 Å². The topological polar surface area (TPSA) is 151 Å². The van der Waals surface area contributed by atoms with Gasteiger partial charge in [0.2, 0.25) is 0 Å². The van der Waals surface area contributed by atoms with Crippen LogP contribution in [-0.2, 0) is 6.54 Å². The lowest BCUT2D eigenvalue weighted by atomic mass is 10.2. The molecule has 1 aliphatic carbocycles. The van der Waals surface area contributed by atoms with Crippen molar-refractivity contribution in [2.24, 2.45) is 0 Å². The summed E-state index contributed by atoms with van der Waals surface area (Å²) in [5.41, 5.74) is 0.398. The highest BCUT2D eigenvalue weighted by molar-refractivity contribution is 6.05. The third-order valence-electron chi connectivity index (χ3n) is 5.36. The highest BCUT2D eigenvalue weighted by atomic mass is 16.3. The number of carbonyl (C=O) groups is 2. The summed E-state index contributed by atoms with van der Waals surface area (Å²) in [6.07, 6.45) is 4.57. The van der Waals surface area contributed by atoms with Crippen molar-refractivity contribution >= 4 is 34.3 Å². The molecule has 4 aromatic rings. The van der Waals surface area contributed by atoms with Crippen LogP contribution in [0.4, 0.5) is 16.2 Å². The second-order valence-corrected chi connectivity index (χ2v) is 7.87. The van der Waals surface area contributed by atoms with Crippen molar-refractivity contribution in [3.63, 3.8) is 0 Å². The van der Waals surface area contributed by atoms with Crippen molar-refractivity contribution < 1.29 is 14.0 Å². The number of hydrogen-bond donors (Lipinski definition) is 4. The maximum absolute atomic E-state index is 12.7. The molecule has 0 saturated heterocycles. The Labute approximate surface area is 191 Å². The van der Waals surface area contributed by atoms with E-state index in [4.69, 9.17) is 4.42 Å². The first-order valence-corrected chi connectivity index (χ1v) is 10.6. The lowest BCUT2D eigenvalue weighted by molar-refractivity contribution is 0.102. The van der Waals surface area contributed by atoms with Crippen LogP contribution in [-0.4, -0.2) is 26.5 Å². The molecule has 1 fully saturated rings. The number of H-pyrrole nitrogens is 1. The van der Waals surface area contributed by atoms with Crippen LogP contribution >= 0.6 is 0 Å². The average molecular weight is 460 g/mol. The summed E-state index contributed by atoms with van der Waals surface area (Å²) in [5, 5.41) is 8.26. The molecule has 11 nitrogen and oxygen atoms in total. The molecule has 1 saturated carbocycles. The summed E-state index contributed by atoms with van der Waals surface area (Å²) in [6, 6.07) is 11.1. The van der Waals surface area contributed by atoms with Crippen LogP contribution in [0.25, 0.3) is 11.0 Å². The lowest BCUT2D eigenvalue weighted by Crippen LogP contribution is -2.30. The van der Waals surface area contributed by atoms with Crippen molar-refractivity contribution in [3.05, 3.63) is 87.1 Å². The van der Waals surface area contributed by atoms with Crippen LogP contribution < -0.4 is 27.2 Å². The molecule has 0 aliphatic heterocycles. The highest BCUT2D eigenvalue weighted by Gasteiger charge is 2.27. The number of aromatic nitrogens is 3. The third-order valence-corrected chi connectivity index (χ3v) is 5.36. The molecule has 3 amide bonds. The molecule has 34 heavy (non-hydrogen) atoms. The maximum Gasteiger partial charge on any atom is 0.330 e. The Kier molecular flexibility index (Phi) is 5.42. The second kappa shape index (κ2) is 8.70. The SMILES string of the molecule is O=C(NCc1ccco1)Nc1ccc(NC(=O)c2cnc3c(c2)c(=O)[nH]c(=O)n3C2CC2)cc1. The van der Waals surface area contributed by atoms with Gasteiger partial charge in [0.1, 0.15) is 11.4 Å². The van der Waals surface area contributed by atoms with E-state index >= 15 is 0 Å². The fourth-order valence-electron chi connectivity index (χ4n) is 3.53. The Bertz CT molecular complexity index is 1480. The normalized spacial score (nSPS) is 12.9. The van der Waals surface area contributed by atoms with Gasteiger partial charge in [0.15, 0.2) is 0 Å². The summed E-state index contributed by atoms with van der Waals surface area (Å²) >= 11 is 0. The quantitative estimate of drug-likeness (QED) is 0.347.